The molecule has 146 valence electrons. The van der Waals surface area contributed by atoms with Crippen LogP contribution in [0.2, 0.25) is 0 Å². The summed E-state index contributed by atoms with van der Waals surface area (Å²) in [6, 6.07) is 7.32. The summed E-state index contributed by atoms with van der Waals surface area (Å²) < 4.78 is 16.2. The number of carbonyl (C=O) groups excluding carboxylic acids is 2. The third-order valence-corrected chi connectivity index (χ3v) is 4.74. The highest BCUT2D eigenvalue weighted by molar-refractivity contribution is 6.19. The molecule has 2 heterocycles. The second kappa shape index (κ2) is 8.13. The average molecular weight is 373 g/mol. The number of likely N-dealkylation sites (tertiary alicyclic amines) is 1. The van der Waals surface area contributed by atoms with Crippen molar-refractivity contribution in [3.8, 4) is 5.75 Å². The Kier molecular flexibility index (Phi) is 5.85. The lowest BCUT2D eigenvalue weighted by Crippen LogP contribution is -2.41. The number of ether oxygens (including phenoxy) is 3. The minimum absolute atomic E-state index is 0.129. The third-order valence-electron chi connectivity index (χ3n) is 4.74. The van der Waals surface area contributed by atoms with Gasteiger partial charge in [0, 0.05) is 32.5 Å². The Morgan fingerprint density at radius 3 is 2.63 bits per heavy atom. The number of esters is 2. The molecule has 0 aromatic heterocycles. The number of cyclic esters (lactones) is 2. The molecule has 0 radical (unpaired) electrons. The predicted molar refractivity (Wildman–Crippen MR) is 101 cm³/mol. The van der Waals surface area contributed by atoms with E-state index in [1.54, 1.807) is 6.07 Å². The van der Waals surface area contributed by atoms with Gasteiger partial charge in [-0.15, -0.1) is 0 Å². The molecular formula is C21H27NO5. The molecule has 2 fully saturated rings. The summed E-state index contributed by atoms with van der Waals surface area (Å²) in [7, 11) is 0. The smallest absolute Gasteiger partial charge is 0.348 e. The van der Waals surface area contributed by atoms with E-state index in [9.17, 15) is 9.59 Å². The van der Waals surface area contributed by atoms with Gasteiger partial charge in [-0.1, -0.05) is 25.1 Å². The van der Waals surface area contributed by atoms with Gasteiger partial charge in [0.2, 0.25) is 0 Å². The van der Waals surface area contributed by atoms with E-state index in [4.69, 9.17) is 14.2 Å². The molecule has 2 saturated heterocycles. The molecule has 0 N–H and O–H groups in total. The molecule has 0 spiro atoms. The lowest BCUT2D eigenvalue weighted by Gasteiger charge is -2.30. The van der Waals surface area contributed by atoms with E-state index in [0.717, 1.165) is 25.6 Å². The molecule has 6 heteroatoms. The molecule has 2 aliphatic rings. The van der Waals surface area contributed by atoms with Gasteiger partial charge in [0.05, 0.1) is 0 Å². The van der Waals surface area contributed by atoms with Gasteiger partial charge in [-0.25, -0.2) is 9.59 Å². The molecular weight excluding hydrogens is 346 g/mol. The number of carbonyl (C=O) groups is 2. The first-order valence-electron chi connectivity index (χ1n) is 9.46. The van der Waals surface area contributed by atoms with Crippen LogP contribution in [0.3, 0.4) is 0 Å². The van der Waals surface area contributed by atoms with E-state index in [1.807, 2.05) is 18.2 Å². The van der Waals surface area contributed by atoms with Gasteiger partial charge in [0.15, 0.2) is 0 Å². The van der Waals surface area contributed by atoms with Crippen molar-refractivity contribution in [3.63, 3.8) is 0 Å². The summed E-state index contributed by atoms with van der Waals surface area (Å²) in [5, 5.41) is 0. The lowest BCUT2D eigenvalue weighted by molar-refractivity contribution is -0.222. The first kappa shape index (κ1) is 19.4. The Morgan fingerprint density at radius 1 is 1.22 bits per heavy atom. The summed E-state index contributed by atoms with van der Waals surface area (Å²) in [6.07, 6.45) is 3.99. The molecule has 6 nitrogen and oxygen atoms in total. The van der Waals surface area contributed by atoms with Gasteiger partial charge in [-0.3, -0.25) is 4.90 Å². The lowest BCUT2D eigenvalue weighted by atomic mass is 10.0. The predicted octanol–water partition coefficient (Wildman–Crippen LogP) is 3.02. The largest absolute Gasteiger partial charge is 0.492 e. The van der Waals surface area contributed by atoms with Crippen molar-refractivity contribution in [2.24, 2.45) is 5.92 Å². The van der Waals surface area contributed by atoms with Crippen LogP contribution in [-0.2, 0) is 19.1 Å². The number of benzene rings is 1. The third kappa shape index (κ3) is 5.10. The van der Waals surface area contributed by atoms with E-state index in [0.29, 0.717) is 17.9 Å². The maximum Gasteiger partial charge on any atom is 0.348 e. The van der Waals surface area contributed by atoms with Crippen LogP contribution in [0.1, 0.15) is 39.2 Å². The molecule has 1 atom stereocenters. The highest BCUT2D eigenvalue weighted by atomic mass is 16.7. The van der Waals surface area contributed by atoms with Crippen LogP contribution in [-0.4, -0.2) is 48.9 Å². The monoisotopic (exact) mass is 373 g/mol. The second-order valence-corrected chi connectivity index (χ2v) is 7.67. The maximum atomic E-state index is 12.1. The van der Waals surface area contributed by atoms with E-state index in [1.165, 1.54) is 32.8 Å². The quantitative estimate of drug-likeness (QED) is 0.449. The van der Waals surface area contributed by atoms with Crippen molar-refractivity contribution in [2.45, 2.75) is 39.4 Å². The zero-order valence-corrected chi connectivity index (χ0v) is 16.2. The summed E-state index contributed by atoms with van der Waals surface area (Å²) in [5.74, 6) is -1.27. The first-order chi connectivity index (χ1) is 12.8. The molecule has 27 heavy (non-hydrogen) atoms. The molecule has 3 rings (SSSR count). The molecule has 1 aromatic rings. The van der Waals surface area contributed by atoms with Crippen molar-refractivity contribution in [2.75, 3.05) is 26.2 Å². The number of rotatable bonds is 5. The van der Waals surface area contributed by atoms with E-state index >= 15 is 0 Å². The van der Waals surface area contributed by atoms with Crippen molar-refractivity contribution in [1.82, 2.24) is 4.90 Å². The van der Waals surface area contributed by atoms with Crippen molar-refractivity contribution in [1.29, 1.82) is 0 Å². The fourth-order valence-corrected chi connectivity index (χ4v) is 3.44. The second-order valence-electron chi connectivity index (χ2n) is 7.67. The standard InChI is InChI=1S/C21H27NO5/c1-15-7-6-10-22(14-15)11-12-25-18-9-5-4-8-16(18)13-17-19(23)26-21(2,3)27-20(17)24/h4-5,8-9,13,15H,6-7,10-12,14H2,1-3H3. The highest BCUT2D eigenvalue weighted by Gasteiger charge is 2.39. The summed E-state index contributed by atoms with van der Waals surface area (Å²) >= 11 is 0. The Balaban J connectivity index is 1.67. The fourth-order valence-electron chi connectivity index (χ4n) is 3.44. The van der Waals surface area contributed by atoms with Crippen LogP contribution in [0, 0.1) is 5.92 Å². The van der Waals surface area contributed by atoms with Gasteiger partial charge in [-0.2, -0.15) is 0 Å². The summed E-state index contributed by atoms with van der Waals surface area (Å²) in [6.45, 7) is 8.94. The van der Waals surface area contributed by atoms with Gasteiger partial charge in [-0.05, 0) is 37.4 Å². The van der Waals surface area contributed by atoms with Crippen LogP contribution < -0.4 is 4.74 Å². The number of hydrogen-bond donors (Lipinski definition) is 0. The molecule has 1 aromatic carbocycles. The van der Waals surface area contributed by atoms with Crippen molar-refractivity contribution < 1.29 is 23.8 Å². The van der Waals surface area contributed by atoms with Crippen molar-refractivity contribution >= 4 is 18.0 Å². The highest BCUT2D eigenvalue weighted by Crippen LogP contribution is 2.27. The van der Waals surface area contributed by atoms with Crippen LogP contribution in [0.25, 0.3) is 6.08 Å². The zero-order valence-electron chi connectivity index (χ0n) is 16.2. The topological polar surface area (TPSA) is 65.1 Å². The van der Waals surface area contributed by atoms with Crippen molar-refractivity contribution in [3.05, 3.63) is 35.4 Å². The number of hydrogen-bond acceptors (Lipinski definition) is 6. The van der Waals surface area contributed by atoms with Gasteiger partial charge in [0.25, 0.3) is 5.79 Å². The molecule has 0 aliphatic carbocycles. The fraction of sp³-hybridized carbons (Fsp3) is 0.524. The Hall–Kier alpha value is -2.34. The van der Waals surface area contributed by atoms with E-state index < -0.39 is 17.7 Å². The Bertz CT molecular complexity index is 718. The van der Waals surface area contributed by atoms with Crippen LogP contribution >= 0.6 is 0 Å². The van der Waals surface area contributed by atoms with Gasteiger partial charge < -0.3 is 14.2 Å². The van der Waals surface area contributed by atoms with Gasteiger partial charge >= 0.3 is 11.9 Å². The molecule has 0 saturated carbocycles. The van der Waals surface area contributed by atoms with Gasteiger partial charge in [0.1, 0.15) is 17.9 Å². The molecule has 0 amide bonds. The number of nitrogens with zero attached hydrogens (tertiary/aromatic N) is 1. The first-order valence-corrected chi connectivity index (χ1v) is 9.46. The molecule has 1 unspecified atom stereocenters. The summed E-state index contributed by atoms with van der Waals surface area (Å²) in [4.78, 5) is 26.7. The van der Waals surface area contributed by atoms with E-state index in [2.05, 4.69) is 11.8 Å². The summed E-state index contributed by atoms with van der Waals surface area (Å²) in [5.41, 5.74) is 0.517. The number of para-hydroxylation sites is 1. The molecule has 2 aliphatic heterocycles. The number of piperidine rings is 1. The van der Waals surface area contributed by atoms with E-state index in [-0.39, 0.29) is 5.57 Å². The normalized spacial score (nSPS) is 22.8. The van der Waals surface area contributed by atoms with Crippen LogP contribution in [0.15, 0.2) is 29.8 Å². The maximum absolute atomic E-state index is 12.1. The average Bonchev–Trinajstić information content (AvgIpc) is 2.58. The Morgan fingerprint density at radius 2 is 1.93 bits per heavy atom. The minimum atomic E-state index is -1.24. The molecule has 0 bridgehead atoms. The minimum Gasteiger partial charge on any atom is -0.492 e. The Labute approximate surface area is 160 Å². The SMILES string of the molecule is CC1CCCN(CCOc2ccccc2C=C2C(=O)OC(C)(C)OC2=O)C1. The van der Waals surface area contributed by atoms with Crippen LogP contribution in [0.4, 0.5) is 0 Å². The van der Waals surface area contributed by atoms with Crippen LogP contribution in [0.5, 0.6) is 5.75 Å². The zero-order chi connectivity index (χ0) is 19.4.